The Labute approximate surface area is 157 Å². The van der Waals surface area contributed by atoms with Crippen LogP contribution >= 0.6 is 12.6 Å². The molecule has 2 aromatic rings. The zero-order valence-corrected chi connectivity index (χ0v) is 15.8. The minimum Gasteiger partial charge on any atom is -0.480 e. The first kappa shape index (κ1) is 17.4. The summed E-state index contributed by atoms with van der Waals surface area (Å²) in [6.45, 7) is 4.48. The molecule has 4 rings (SSSR count). The number of fused-ring (bicyclic) bond motifs is 4. The molecule has 3 heterocycles. The molecule has 1 aromatic carbocycles. The summed E-state index contributed by atoms with van der Waals surface area (Å²) in [7, 11) is 0. The van der Waals surface area contributed by atoms with Crippen LogP contribution in [0.3, 0.4) is 0 Å². The van der Waals surface area contributed by atoms with Crippen molar-refractivity contribution in [2.45, 2.75) is 51.0 Å². The average molecular weight is 373 g/mol. The van der Waals surface area contributed by atoms with Gasteiger partial charge in [-0.25, -0.2) is 4.79 Å². The van der Waals surface area contributed by atoms with E-state index in [0.717, 1.165) is 16.6 Å². The maximum absolute atomic E-state index is 13.2. The molecule has 6 nitrogen and oxygen atoms in total. The summed E-state index contributed by atoms with van der Waals surface area (Å²) >= 11 is 4.19. The minimum absolute atomic E-state index is 0.0971. The SMILES string of the molecule is CC1(C)N2Cc3[nH]c4ccccc4c3C[C@H]2C(=O)N1[C@@H](CCS)C(=O)O. The van der Waals surface area contributed by atoms with Crippen LogP contribution in [0.4, 0.5) is 0 Å². The van der Waals surface area contributed by atoms with Crippen molar-refractivity contribution >= 4 is 35.4 Å². The Morgan fingerprint density at radius 3 is 2.85 bits per heavy atom. The Balaban J connectivity index is 1.75. The molecule has 1 fully saturated rings. The lowest BCUT2D eigenvalue weighted by molar-refractivity contribution is -0.153. The van der Waals surface area contributed by atoms with Gasteiger partial charge in [-0.3, -0.25) is 9.69 Å². The summed E-state index contributed by atoms with van der Waals surface area (Å²) in [6.07, 6.45) is 0.938. The van der Waals surface area contributed by atoms with Gasteiger partial charge in [0, 0.05) is 23.1 Å². The van der Waals surface area contributed by atoms with Crippen LogP contribution in [-0.4, -0.2) is 55.3 Å². The normalized spacial score (nSPS) is 23.1. The number of rotatable bonds is 4. The van der Waals surface area contributed by atoms with Gasteiger partial charge in [0.1, 0.15) is 6.04 Å². The fourth-order valence-electron chi connectivity index (χ4n) is 4.59. The number of hydrogen-bond donors (Lipinski definition) is 3. The Morgan fingerprint density at radius 2 is 2.15 bits per heavy atom. The van der Waals surface area contributed by atoms with Crippen LogP contribution in [0, 0.1) is 0 Å². The molecule has 2 N–H and O–H groups in total. The number of hydrogen-bond acceptors (Lipinski definition) is 4. The lowest BCUT2D eigenvalue weighted by Gasteiger charge is -2.42. The molecule has 1 aromatic heterocycles. The molecule has 0 aliphatic carbocycles. The van der Waals surface area contributed by atoms with E-state index in [4.69, 9.17) is 0 Å². The van der Waals surface area contributed by atoms with E-state index in [1.54, 1.807) is 4.90 Å². The highest BCUT2D eigenvalue weighted by Crippen LogP contribution is 2.41. The van der Waals surface area contributed by atoms with Gasteiger partial charge in [-0.15, -0.1) is 0 Å². The van der Waals surface area contributed by atoms with Crippen LogP contribution in [0.2, 0.25) is 0 Å². The van der Waals surface area contributed by atoms with E-state index in [1.807, 2.05) is 32.0 Å². The van der Waals surface area contributed by atoms with Gasteiger partial charge in [-0.2, -0.15) is 12.6 Å². The van der Waals surface area contributed by atoms with Gasteiger partial charge < -0.3 is 15.0 Å². The molecule has 1 amide bonds. The highest BCUT2D eigenvalue weighted by atomic mass is 32.1. The Hall–Kier alpha value is -1.99. The quantitative estimate of drug-likeness (QED) is 0.719. The first-order chi connectivity index (χ1) is 12.4. The van der Waals surface area contributed by atoms with Crippen molar-refractivity contribution in [3.63, 3.8) is 0 Å². The van der Waals surface area contributed by atoms with E-state index >= 15 is 0 Å². The number of carboxylic acid groups (broad SMARTS) is 1. The number of aliphatic carboxylic acids is 1. The second-order valence-corrected chi connectivity index (χ2v) is 7.99. The van der Waals surface area contributed by atoms with Crippen molar-refractivity contribution in [3.05, 3.63) is 35.5 Å². The molecule has 138 valence electrons. The van der Waals surface area contributed by atoms with Crippen molar-refractivity contribution in [2.75, 3.05) is 5.75 Å². The van der Waals surface area contributed by atoms with Crippen molar-refractivity contribution in [1.29, 1.82) is 0 Å². The monoisotopic (exact) mass is 373 g/mol. The van der Waals surface area contributed by atoms with Gasteiger partial charge in [-0.1, -0.05) is 18.2 Å². The van der Waals surface area contributed by atoms with E-state index in [-0.39, 0.29) is 11.9 Å². The highest BCUT2D eigenvalue weighted by molar-refractivity contribution is 7.80. The fourth-order valence-corrected chi connectivity index (χ4v) is 4.84. The Kier molecular flexibility index (Phi) is 4.04. The molecular weight excluding hydrogens is 350 g/mol. The van der Waals surface area contributed by atoms with Gasteiger partial charge in [0.25, 0.3) is 0 Å². The molecule has 26 heavy (non-hydrogen) atoms. The van der Waals surface area contributed by atoms with E-state index < -0.39 is 17.7 Å². The number of benzene rings is 1. The van der Waals surface area contributed by atoms with E-state index in [2.05, 4.69) is 28.6 Å². The lowest BCUT2D eigenvalue weighted by Crippen LogP contribution is -2.56. The predicted octanol–water partition coefficient (Wildman–Crippen LogP) is 2.25. The summed E-state index contributed by atoms with van der Waals surface area (Å²) in [6, 6.07) is 6.95. The Morgan fingerprint density at radius 1 is 1.42 bits per heavy atom. The summed E-state index contributed by atoms with van der Waals surface area (Å²) < 4.78 is 0. The minimum atomic E-state index is -0.968. The number of carboxylic acids is 1. The largest absolute Gasteiger partial charge is 0.480 e. The van der Waals surface area contributed by atoms with E-state index in [0.29, 0.717) is 25.1 Å². The van der Waals surface area contributed by atoms with Crippen LogP contribution in [0.25, 0.3) is 10.9 Å². The van der Waals surface area contributed by atoms with Crippen LogP contribution in [0.5, 0.6) is 0 Å². The van der Waals surface area contributed by atoms with Crippen molar-refractivity contribution in [2.24, 2.45) is 0 Å². The van der Waals surface area contributed by atoms with Crippen molar-refractivity contribution < 1.29 is 14.7 Å². The van der Waals surface area contributed by atoms with Gasteiger partial charge in [0.15, 0.2) is 0 Å². The number of nitrogens with one attached hydrogen (secondary N) is 1. The first-order valence-electron chi connectivity index (χ1n) is 8.88. The lowest BCUT2D eigenvalue weighted by atomic mass is 9.96. The Bertz CT molecular complexity index is 891. The molecule has 2 aliphatic heterocycles. The smallest absolute Gasteiger partial charge is 0.326 e. The number of carbonyl (C=O) groups excluding carboxylic acids is 1. The molecular formula is C19H23N3O3S. The maximum Gasteiger partial charge on any atom is 0.326 e. The zero-order valence-electron chi connectivity index (χ0n) is 14.9. The molecule has 0 spiro atoms. The fraction of sp³-hybridized carbons (Fsp3) is 0.474. The maximum atomic E-state index is 13.2. The zero-order chi connectivity index (χ0) is 18.6. The van der Waals surface area contributed by atoms with Crippen molar-refractivity contribution in [3.8, 4) is 0 Å². The summed E-state index contributed by atoms with van der Waals surface area (Å²) in [5, 5.41) is 10.8. The van der Waals surface area contributed by atoms with Crippen molar-refractivity contribution in [1.82, 2.24) is 14.8 Å². The predicted molar refractivity (Wildman–Crippen MR) is 102 cm³/mol. The molecule has 0 unspecified atom stereocenters. The molecule has 2 atom stereocenters. The molecule has 0 radical (unpaired) electrons. The van der Waals surface area contributed by atoms with Gasteiger partial charge in [0.05, 0.1) is 11.7 Å². The van der Waals surface area contributed by atoms with E-state index in [1.165, 1.54) is 5.56 Å². The second kappa shape index (κ2) is 6.03. The molecule has 2 aliphatic rings. The van der Waals surface area contributed by atoms with Crippen LogP contribution in [0.15, 0.2) is 24.3 Å². The molecule has 7 heteroatoms. The molecule has 0 bridgehead atoms. The van der Waals surface area contributed by atoms with Crippen LogP contribution in [0.1, 0.15) is 31.5 Å². The van der Waals surface area contributed by atoms with Crippen LogP contribution in [-0.2, 0) is 22.6 Å². The number of para-hydroxylation sites is 1. The number of nitrogens with zero attached hydrogens (tertiary/aromatic N) is 2. The molecule has 1 saturated heterocycles. The second-order valence-electron chi connectivity index (χ2n) is 7.54. The number of thiol groups is 1. The standard InChI is InChI=1S/C19H23N3O3S/c1-19(2)21-10-14-12(11-5-3-4-6-13(11)20-14)9-16(21)17(23)22(19)15(7-8-26)18(24)25/h3-6,15-16,20,26H,7-10H2,1-2H3,(H,24,25)/t15-,16-/m0/s1. The van der Waals surface area contributed by atoms with Gasteiger partial charge in [0.2, 0.25) is 5.91 Å². The van der Waals surface area contributed by atoms with Gasteiger partial charge >= 0.3 is 5.97 Å². The molecule has 0 saturated carbocycles. The number of aromatic amines is 1. The topological polar surface area (TPSA) is 76.6 Å². The average Bonchev–Trinajstić information content (AvgIpc) is 3.05. The third-order valence-corrected chi connectivity index (χ3v) is 6.08. The third-order valence-electron chi connectivity index (χ3n) is 5.82. The summed E-state index contributed by atoms with van der Waals surface area (Å²) in [5.74, 6) is -0.644. The number of carbonyl (C=O) groups is 2. The van der Waals surface area contributed by atoms with E-state index in [9.17, 15) is 14.7 Å². The summed E-state index contributed by atoms with van der Waals surface area (Å²) in [4.78, 5) is 32.2. The van der Waals surface area contributed by atoms with Crippen LogP contribution < -0.4 is 0 Å². The highest BCUT2D eigenvalue weighted by Gasteiger charge is 2.56. The first-order valence-corrected chi connectivity index (χ1v) is 9.51. The number of amides is 1. The number of aromatic nitrogens is 1. The summed E-state index contributed by atoms with van der Waals surface area (Å²) in [5.41, 5.74) is 2.71. The number of H-pyrrole nitrogens is 1. The third kappa shape index (κ3) is 2.37. The van der Waals surface area contributed by atoms with Gasteiger partial charge in [-0.05, 0) is 44.1 Å².